The van der Waals surface area contributed by atoms with E-state index in [1.807, 2.05) is 49.4 Å². The molecule has 110 valence electrons. The minimum Gasteiger partial charge on any atom is -0.495 e. The van der Waals surface area contributed by atoms with Gasteiger partial charge in [-0.05, 0) is 48.7 Å². The highest BCUT2D eigenvalue weighted by molar-refractivity contribution is 6.00. The van der Waals surface area contributed by atoms with Crippen molar-refractivity contribution in [2.75, 3.05) is 17.7 Å². The average Bonchev–Trinajstić information content (AvgIpc) is 2.48. The number of rotatable bonds is 4. The highest BCUT2D eigenvalue weighted by Crippen LogP contribution is 2.25. The van der Waals surface area contributed by atoms with Crippen LogP contribution in [0.2, 0.25) is 0 Å². The van der Waals surface area contributed by atoms with E-state index in [-0.39, 0.29) is 6.03 Å². The number of carbonyl (C=O) groups excluding carboxylic acids is 1. The van der Waals surface area contributed by atoms with Crippen LogP contribution in [-0.2, 0) is 6.42 Å². The number of nitrogens with one attached hydrogen (secondary N) is 2. The highest BCUT2D eigenvalue weighted by atomic mass is 16.5. The molecule has 4 nitrogen and oxygen atoms in total. The van der Waals surface area contributed by atoms with Crippen LogP contribution in [0.4, 0.5) is 16.2 Å². The molecule has 0 saturated carbocycles. The van der Waals surface area contributed by atoms with Gasteiger partial charge < -0.3 is 15.4 Å². The lowest BCUT2D eigenvalue weighted by atomic mass is 10.1. The zero-order valence-corrected chi connectivity index (χ0v) is 12.6. The molecule has 0 saturated heterocycles. The summed E-state index contributed by atoms with van der Waals surface area (Å²) in [6.07, 6.45) is 0.979. The quantitative estimate of drug-likeness (QED) is 0.883. The number of hydrogen-bond acceptors (Lipinski definition) is 2. The van der Waals surface area contributed by atoms with Crippen molar-refractivity contribution >= 4 is 17.4 Å². The molecule has 0 bridgehead atoms. The summed E-state index contributed by atoms with van der Waals surface area (Å²) in [5.74, 6) is 0.636. The summed E-state index contributed by atoms with van der Waals surface area (Å²) in [4.78, 5) is 12.0. The average molecular weight is 284 g/mol. The van der Waals surface area contributed by atoms with Crippen LogP contribution in [0, 0.1) is 6.92 Å². The molecule has 0 heterocycles. The lowest BCUT2D eigenvalue weighted by Crippen LogP contribution is -2.19. The minimum absolute atomic E-state index is 0.289. The number of anilines is 2. The monoisotopic (exact) mass is 284 g/mol. The third-order valence-electron chi connectivity index (χ3n) is 3.22. The van der Waals surface area contributed by atoms with Crippen LogP contribution in [0.25, 0.3) is 0 Å². The maximum atomic E-state index is 12.0. The van der Waals surface area contributed by atoms with Crippen molar-refractivity contribution in [2.45, 2.75) is 20.3 Å². The van der Waals surface area contributed by atoms with Crippen molar-refractivity contribution in [3.8, 4) is 5.75 Å². The fraction of sp³-hybridized carbons (Fsp3) is 0.235. The van der Waals surface area contributed by atoms with Crippen molar-refractivity contribution in [1.29, 1.82) is 0 Å². The van der Waals surface area contributed by atoms with Gasteiger partial charge in [-0.15, -0.1) is 0 Å². The zero-order chi connectivity index (χ0) is 15.2. The molecule has 4 heteroatoms. The summed E-state index contributed by atoms with van der Waals surface area (Å²) in [6, 6.07) is 13.2. The number of urea groups is 1. The lowest BCUT2D eigenvalue weighted by Gasteiger charge is -2.12. The Morgan fingerprint density at radius 3 is 2.43 bits per heavy atom. The summed E-state index contributed by atoms with van der Waals surface area (Å²) in [5.41, 5.74) is 3.70. The molecule has 2 aromatic carbocycles. The van der Waals surface area contributed by atoms with E-state index in [0.717, 1.165) is 17.7 Å². The van der Waals surface area contributed by atoms with E-state index in [9.17, 15) is 4.79 Å². The Bertz CT molecular complexity index is 621. The van der Waals surface area contributed by atoms with Crippen molar-refractivity contribution in [2.24, 2.45) is 0 Å². The minimum atomic E-state index is -0.289. The molecule has 0 radical (unpaired) electrons. The van der Waals surface area contributed by atoms with E-state index in [1.54, 1.807) is 7.11 Å². The SMILES string of the molecule is CCc1ccc(NC(=O)Nc2cc(C)ccc2OC)cc1. The number of amides is 2. The number of carbonyl (C=O) groups is 1. The van der Waals surface area contributed by atoms with Gasteiger partial charge in [-0.25, -0.2) is 4.79 Å². The van der Waals surface area contributed by atoms with Crippen LogP contribution in [0.3, 0.4) is 0 Å². The summed E-state index contributed by atoms with van der Waals surface area (Å²) in [7, 11) is 1.58. The number of ether oxygens (including phenoxy) is 1. The van der Waals surface area contributed by atoms with Gasteiger partial charge in [0.2, 0.25) is 0 Å². The van der Waals surface area contributed by atoms with Gasteiger partial charge in [0, 0.05) is 5.69 Å². The van der Waals surface area contributed by atoms with Gasteiger partial charge in [0.1, 0.15) is 5.75 Å². The smallest absolute Gasteiger partial charge is 0.323 e. The van der Waals surface area contributed by atoms with E-state index in [1.165, 1.54) is 5.56 Å². The van der Waals surface area contributed by atoms with Crippen molar-refractivity contribution in [3.63, 3.8) is 0 Å². The second-order valence-electron chi connectivity index (χ2n) is 4.83. The predicted molar refractivity (Wildman–Crippen MR) is 86.2 cm³/mol. The van der Waals surface area contributed by atoms with Gasteiger partial charge in [0.15, 0.2) is 0 Å². The van der Waals surface area contributed by atoms with Crippen molar-refractivity contribution < 1.29 is 9.53 Å². The Hall–Kier alpha value is -2.49. The van der Waals surface area contributed by atoms with E-state index in [2.05, 4.69) is 17.6 Å². The predicted octanol–water partition coefficient (Wildman–Crippen LogP) is 4.21. The summed E-state index contributed by atoms with van der Waals surface area (Å²) in [5, 5.41) is 5.61. The first-order valence-corrected chi connectivity index (χ1v) is 6.94. The molecule has 21 heavy (non-hydrogen) atoms. The standard InChI is InChI=1S/C17H20N2O2/c1-4-13-6-8-14(9-7-13)18-17(20)19-15-11-12(2)5-10-16(15)21-3/h5-11H,4H2,1-3H3,(H2,18,19,20). The largest absolute Gasteiger partial charge is 0.495 e. The normalized spacial score (nSPS) is 10.0. The molecule has 0 aliphatic heterocycles. The lowest BCUT2D eigenvalue weighted by molar-refractivity contribution is 0.262. The van der Waals surface area contributed by atoms with E-state index in [4.69, 9.17) is 4.74 Å². The number of hydrogen-bond donors (Lipinski definition) is 2. The third kappa shape index (κ3) is 3.99. The van der Waals surface area contributed by atoms with Gasteiger partial charge in [-0.1, -0.05) is 25.1 Å². The van der Waals surface area contributed by atoms with Crippen molar-refractivity contribution in [3.05, 3.63) is 53.6 Å². The highest BCUT2D eigenvalue weighted by Gasteiger charge is 2.07. The molecule has 0 aliphatic carbocycles. The second-order valence-corrected chi connectivity index (χ2v) is 4.83. The van der Waals surface area contributed by atoms with Gasteiger partial charge in [-0.2, -0.15) is 0 Å². The van der Waals surface area contributed by atoms with E-state index >= 15 is 0 Å². The van der Waals surface area contributed by atoms with Crippen LogP contribution >= 0.6 is 0 Å². The third-order valence-corrected chi connectivity index (χ3v) is 3.22. The Balaban J connectivity index is 2.05. The molecule has 0 fully saturated rings. The Labute approximate surface area is 125 Å². The maximum absolute atomic E-state index is 12.0. The Kier molecular flexibility index (Phi) is 4.82. The van der Waals surface area contributed by atoms with Crippen LogP contribution in [0.15, 0.2) is 42.5 Å². The van der Waals surface area contributed by atoms with Crippen LogP contribution in [-0.4, -0.2) is 13.1 Å². The molecule has 2 N–H and O–H groups in total. The Morgan fingerprint density at radius 2 is 1.81 bits per heavy atom. The van der Waals surface area contributed by atoms with Crippen LogP contribution < -0.4 is 15.4 Å². The molecule has 2 rings (SSSR count). The van der Waals surface area contributed by atoms with Gasteiger partial charge in [-0.3, -0.25) is 0 Å². The van der Waals surface area contributed by atoms with E-state index in [0.29, 0.717) is 11.4 Å². The van der Waals surface area contributed by atoms with Gasteiger partial charge >= 0.3 is 6.03 Å². The Morgan fingerprint density at radius 1 is 1.10 bits per heavy atom. The molecule has 0 unspecified atom stereocenters. The molecule has 0 spiro atoms. The number of benzene rings is 2. The zero-order valence-electron chi connectivity index (χ0n) is 12.6. The first-order chi connectivity index (χ1) is 10.1. The second kappa shape index (κ2) is 6.79. The fourth-order valence-electron chi connectivity index (χ4n) is 2.03. The van der Waals surface area contributed by atoms with Crippen LogP contribution in [0.5, 0.6) is 5.75 Å². The molecule has 2 amide bonds. The molecule has 0 atom stereocenters. The molecular weight excluding hydrogens is 264 g/mol. The topological polar surface area (TPSA) is 50.4 Å². The first-order valence-electron chi connectivity index (χ1n) is 6.94. The summed E-state index contributed by atoms with van der Waals surface area (Å²) >= 11 is 0. The van der Waals surface area contributed by atoms with Crippen molar-refractivity contribution in [1.82, 2.24) is 0 Å². The van der Waals surface area contributed by atoms with Gasteiger partial charge in [0.05, 0.1) is 12.8 Å². The molecule has 0 aromatic heterocycles. The number of aryl methyl sites for hydroxylation is 2. The number of methoxy groups -OCH3 is 1. The van der Waals surface area contributed by atoms with E-state index < -0.39 is 0 Å². The summed E-state index contributed by atoms with van der Waals surface area (Å²) < 4.78 is 5.24. The first kappa shape index (κ1) is 14.9. The summed E-state index contributed by atoms with van der Waals surface area (Å²) in [6.45, 7) is 4.06. The molecule has 2 aromatic rings. The fourth-order valence-corrected chi connectivity index (χ4v) is 2.03. The maximum Gasteiger partial charge on any atom is 0.323 e. The molecule has 0 aliphatic rings. The molecular formula is C17H20N2O2. The van der Waals surface area contributed by atoms with Gasteiger partial charge in [0.25, 0.3) is 0 Å². The van der Waals surface area contributed by atoms with Crippen LogP contribution in [0.1, 0.15) is 18.1 Å².